The SMILES string of the molecule is Cc1cc(Br)cc(C(=O)Cc2ccc(Cl)c(Cl)c2)c1. The predicted molar refractivity (Wildman–Crippen MR) is 83.4 cm³/mol. The molecular formula is C15H11BrCl2O. The number of rotatable bonds is 3. The van der Waals surface area contributed by atoms with Gasteiger partial charge in [0.1, 0.15) is 0 Å². The maximum absolute atomic E-state index is 12.2. The molecule has 2 aromatic rings. The molecule has 0 aromatic heterocycles. The summed E-state index contributed by atoms with van der Waals surface area (Å²) < 4.78 is 0.907. The number of halogens is 3. The average molecular weight is 358 g/mol. The molecule has 0 saturated carbocycles. The summed E-state index contributed by atoms with van der Waals surface area (Å²) in [5.74, 6) is 0.0581. The van der Waals surface area contributed by atoms with Crippen LogP contribution < -0.4 is 0 Å². The lowest BCUT2D eigenvalue weighted by atomic mass is 10.0. The Kier molecular flexibility index (Phi) is 4.67. The van der Waals surface area contributed by atoms with Crippen molar-refractivity contribution < 1.29 is 4.79 Å². The third-order valence-corrected chi connectivity index (χ3v) is 3.91. The van der Waals surface area contributed by atoms with E-state index in [9.17, 15) is 4.79 Å². The molecule has 2 rings (SSSR count). The van der Waals surface area contributed by atoms with E-state index in [-0.39, 0.29) is 5.78 Å². The van der Waals surface area contributed by atoms with Crippen LogP contribution in [0.1, 0.15) is 21.5 Å². The van der Waals surface area contributed by atoms with Crippen LogP contribution >= 0.6 is 39.1 Å². The highest BCUT2D eigenvalue weighted by molar-refractivity contribution is 9.10. The zero-order chi connectivity index (χ0) is 14.0. The van der Waals surface area contributed by atoms with E-state index in [0.717, 1.165) is 15.6 Å². The van der Waals surface area contributed by atoms with Gasteiger partial charge in [0.2, 0.25) is 0 Å². The highest BCUT2D eigenvalue weighted by atomic mass is 79.9. The molecule has 0 radical (unpaired) electrons. The van der Waals surface area contributed by atoms with E-state index in [4.69, 9.17) is 23.2 Å². The van der Waals surface area contributed by atoms with Gasteiger partial charge in [-0.1, -0.05) is 45.2 Å². The molecule has 0 N–H and O–H groups in total. The quantitative estimate of drug-likeness (QED) is 0.664. The first-order valence-electron chi connectivity index (χ1n) is 5.70. The first-order valence-corrected chi connectivity index (χ1v) is 7.25. The molecule has 0 heterocycles. The number of hydrogen-bond acceptors (Lipinski definition) is 1. The Morgan fingerprint density at radius 1 is 1.11 bits per heavy atom. The van der Waals surface area contributed by atoms with Crippen molar-refractivity contribution in [2.75, 3.05) is 0 Å². The maximum Gasteiger partial charge on any atom is 0.167 e. The van der Waals surface area contributed by atoms with Crippen LogP contribution in [0.25, 0.3) is 0 Å². The maximum atomic E-state index is 12.2. The van der Waals surface area contributed by atoms with Gasteiger partial charge in [-0.15, -0.1) is 0 Å². The lowest BCUT2D eigenvalue weighted by Gasteiger charge is -2.05. The summed E-state index contributed by atoms with van der Waals surface area (Å²) in [6, 6.07) is 10.9. The fourth-order valence-electron chi connectivity index (χ4n) is 1.83. The molecule has 2 aromatic carbocycles. The number of carbonyl (C=O) groups is 1. The fourth-order valence-corrected chi connectivity index (χ4v) is 2.76. The number of ketones is 1. The molecular weight excluding hydrogens is 347 g/mol. The Bertz CT molecular complexity index is 618. The van der Waals surface area contributed by atoms with Gasteiger partial charge in [-0.25, -0.2) is 0 Å². The molecule has 0 unspecified atom stereocenters. The molecule has 0 bridgehead atoms. The van der Waals surface area contributed by atoms with Crippen molar-refractivity contribution in [3.05, 3.63) is 67.6 Å². The molecule has 0 spiro atoms. The van der Waals surface area contributed by atoms with Crippen molar-refractivity contribution in [1.82, 2.24) is 0 Å². The Morgan fingerprint density at radius 2 is 1.84 bits per heavy atom. The summed E-state index contributed by atoms with van der Waals surface area (Å²) in [6.07, 6.45) is 0.312. The second kappa shape index (κ2) is 6.08. The zero-order valence-electron chi connectivity index (χ0n) is 10.2. The van der Waals surface area contributed by atoms with Crippen molar-refractivity contribution >= 4 is 44.9 Å². The topological polar surface area (TPSA) is 17.1 Å². The molecule has 0 aliphatic rings. The van der Waals surface area contributed by atoms with Gasteiger partial charge in [-0.05, 0) is 48.4 Å². The van der Waals surface area contributed by atoms with E-state index in [1.54, 1.807) is 12.1 Å². The van der Waals surface area contributed by atoms with Crippen molar-refractivity contribution in [2.45, 2.75) is 13.3 Å². The molecule has 0 saturated heterocycles. The largest absolute Gasteiger partial charge is 0.294 e. The van der Waals surface area contributed by atoms with Crippen LogP contribution in [-0.4, -0.2) is 5.78 Å². The van der Waals surface area contributed by atoms with Crippen LogP contribution in [0.2, 0.25) is 10.0 Å². The average Bonchev–Trinajstić information content (AvgIpc) is 2.32. The minimum absolute atomic E-state index is 0.0581. The summed E-state index contributed by atoms with van der Waals surface area (Å²) >= 11 is 15.2. The molecule has 0 fully saturated rings. The van der Waals surface area contributed by atoms with Gasteiger partial charge in [-0.2, -0.15) is 0 Å². The van der Waals surface area contributed by atoms with Gasteiger partial charge in [0.05, 0.1) is 10.0 Å². The molecule has 4 heteroatoms. The van der Waals surface area contributed by atoms with Crippen LogP contribution in [0.3, 0.4) is 0 Å². The highest BCUT2D eigenvalue weighted by Gasteiger charge is 2.09. The Balaban J connectivity index is 2.22. The number of Topliss-reactive ketones (excluding diaryl/α,β-unsaturated/α-hetero) is 1. The van der Waals surface area contributed by atoms with Gasteiger partial charge < -0.3 is 0 Å². The predicted octanol–water partition coefficient (Wildman–Crippen LogP) is 5.49. The first-order chi connectivity index (χ1) is 8.95. The third kappa shape index (κ3) is 3.82. The monoisotopic (exact) mass is 356 g/mol. The van der Waals surface area contributed by atoms with Crippen LogP contribution in [0.4, 0.5) is 0 Å². The van der Waals surface area contributed by atoms with Crippen molar-refractivity contribution in [2.24, 2.45) is 0 Å². The Labute approximate surface area is 130 Å². The molecule has 0 atom stereocenters. The summed E-state index contributed by atoms with van der Waals surface area (Å²) in [4.78, 5) is 12.2. The summed E-state index contributed by atoms with van der Waals surface area (Å²) in [7, 11) is 0. The van der Waals surface area contributed by atoms with Crippen LogP contribution in [-0.2, 0) is 6.42 Å². The van der Waals surface area contributed by atoms with Gasteiger partial charge in [-0.3, -0.25) is 4.79 Å². The number of carbonyl (C=O) groups excluding carboxylic acids is 1. The summed E-state index contributed by atoms with van der Waals surface area (Å²) in [5.41, 5.74) is 2.60. The molecule has 19 heavy (non-hydrogen) atoms. The lowest BCUT2D eigenvalue weighted by Crippen LogP contribution is -2.04. The van der Waals surface area contributed by atoms with Crippen molar-refractivity contribution in [1.29, 1.82) is 0 Å². The normalized spacial score (nSPS) is 10.5. The van der Waals surface area contributed by atoms with E-state index in [0.29, 0.717) is 22.0 Å². The second-order valence-electron chi connectivity index (χ2n) is 4.37. The van der Waals surface area contributed by atoms with E-state index < -0.39 is 0 Å². The van der Waals surface area contributed by atoms with E-state index in [1.165, 1.54) is 0 Å². The zero-order valence-corrected chi connectivity index (χ0v) is 13.3. The van der Waals surface area contributed by atoms with E-state index in [1.807, 2.05) is 31.2 Å². The number of hydrogen-bond donors (Lipinski definition) is 0. The number of benzene rings is 2. The lowest BCUT2D eigenvalue weighted by molar-refractivity contribution is 0.0993. The smallest absolute Gasteiger partial charge is 0.167 e. The van der Waals surface area contributed by atoms with Gasteiger partial charge in [0.15, 0.2) is 5.78 Å². The first kappa shape index (κ1) is 14.6. The highest BCUT2D eigenvalue weighted by Crippen LogP contribution is 2.24. The Morgan fingerprint density at radius 3 is 2.47 bits per heavy atom. The van der Waals surface area contributed by atoms with Crippen LogP contribution in [0.15, 0.2) is 40.9 Å². The van der Waals surface area contributed by atoms with Gasteiger partial charge in [0.25, 0.3) is 0 Å². The van der Waals surface area contributed by atoms with Crippen LogP contribution in [0.5, 0.6) is 0 Å². The van der Waals surface area contributed by atoms with Crippen molar-refractivity contribution in [3.8, 4) is 0 Å². The van der Waals surface area contributed by atoms with Crippen LogP contribution in [0, 0.1) is 6.92 Å². The van der Waals surface area contributed by atoms with E-state index in [2.05, 4.69) is 15.9 Å². The van der Waals surface area contributed by atoms with Gasteiger partial charge >= 0.3 is 0 Å². The second-order valence-corrected chi connectivity index (χ2v) is 6.10. The minimum atomic E-state index is 0.0581. The van der Waals surface area contributed by atoms with E-state index >= 15 is 0 Å². The summed E-state index contributed by atoms with van der Waals surface area (Å²) in [6.45, 7) is 1.96. The Hall–Kier alpha value is -0.830. The fraction of sp³-hybridized carbons (Fsp3) is 0.133. The number of aryl methyl sites for hydroxylation is 1. The molecule has 98 valence electrons. The third-order valence-electron chi connectivity index (χ3n) is 2.71. The summed E-state index contributed by atoms with van der Waals surface area (Å²) in [5, 5.41) is 0.966. The molecule has 0 aliphatic heterocycles. The standard InChI is InChI=1S/C15H11BrCl2O/c1-9-4-11(8-12(16)5-9)15(19)7-10-2-3-13(17)14(18)6-10/h2-6,8H,7H2,1H3. The van der Waals surface area contributed by atoms with Crippen molar-refractivity contribution in [3.63, 3.8) is 0 Å². The minimum Gasteiger partial charge on any atom is -0.294 e. The van der Waals surface area contributed by atoms with Gasteiger partial charge in [0, 0.05) is 16.5 Å². The molecule has 1 nitrogen and oxygen atoms in total. The molecule has 0 amide bonds. The molecule has 0 aliphatic carbocycles.